The van der Waals surface area contributed by atoms with Crippen LogP contribution in [0.5, 0.6) is 0 Å². The number of para-hydroxylation sites is 1. The van der Waals surface area contributed by atoms with Crippen LogP contribution in [0.3, 0.4) is 0 Å². The number of rotatable bonds is 3. The monoisotopic (exact) mass is 320 g/mol. The Kier molecular flexibility index (Phi) is 4.01. The molecule has 2 atom stereocenters. The topological polar surface area (TPSA) is 23.6 Å². The minimum atomic E-state index is 0.206. The van der Waals surface area contributed by atoms with Crippen LogP contribution in [0.15, 0.2) is 54.6 Å². The molecule has 1 aliphatic heterocycles. The number of aryl methyl sites for hydroxylation is 1. The lowest BCUT2D eigenvalue weighted by molar-refractivity contribution is -0.132. The van der Waals surface area contributed by atoms with Gasteiger partial charge in [-0.25, -0.2) is 0 Å². The molecule has 1 aliphatic carbocycles. The van der Waals surface area contributed by atoms with Crippen LogP contribution in [0.1, 0.15) is 23.5 Å². The Labute approximate surface area is 143 Å². The summed E-state index contributed by atoms with van der Waals surface area (Å²) in [7, 11) is 0. The largest absolute Gasteiger partial charge is 0.368 e. The average Bonchev–Trinajstić information content (AvgIpc) is 3.43. The number of amides is 1. The summed E-state index contributed by atoms with van der Waals surface area (Å²) in [4.78, 5) is 17.2. The molecule has 2 aliphatic rings. The molecule has 2 aromatic rings. The summed E-state index contributed by atoms with van der Waals surface area (Å²) in [5.74, 6) is 0.999. The standard InChI is InChI=1S/C21H24N2O/c1-16-7-5-6-10-20(16)22-11-13-23(14-12-22)21(24)19-15-18(19)17-8-3-2-4-9-17/h2-10,18-19H,11-15H2,1H3/t18-,19-/m0/s1. The van der Waals surface area contributed by atoms with Crippen LogP contribution in [-0.2, 0) is 4.79 Å². The Bertz CT molecular complexity index is 720. The third-order valence-electron chi connectivity index (χ3n) is 5.38. The molecule has 1 saturated heterocycles. The van der Waals surface area contributed by atoms with E-state index in [4.69, 9.17) is 0 Å². The van der Waals surface area contributed by atoms with Gasteiger partial charge >= 0.3 is 0 Å². The summed E-state index contributed by atoms with van der Waals surface area (Å²) in [6.45, 7) is 5.69. The first-order valence-corrected chi connectivity index (χ1v) is 8.88. The number of piperazine rings is 1. The molecule has 0 radical (unpaired) electrons. The maximum atomic E-state index is 12.8. The highest BCUT2D eigenvalue weighted by Gasteiger charge is 2.45. The summed E-state index contributed by atoms with van der Waals surface area (Å²) in [5, 5.41) is 0. The quantitative estimate of drug-likeness (QED) is 0.865. The van der Waals surface area contributed by atoms with Crippen LogP contribution in [-0.4, -0.2) is 37.0 Å². The van der Waals surface area contributed by atoms with Crippen molar-refractivity contribution in [2.24, 2.45) is 5.92 Å². The van der Waals surface area contributed by atoms with Crippen LogP contribution in [0, 0.1) is 12.8 Å². The van der Waals surface area contributed by atoms with Gasteiger partial charge in [0.25, 0.3) is 0 Å². The number of carbonyl (C=O) groups is 1. The number of carbonyl (C=O) groups excluding carboxylic acids is 1. The molecule has 2 aromatic carbocycles. The van der Waals surface area contributed by atoms with Crippen LogP contribution >= 0.6 is 0 Å². The summed E-state index contributed by atoms with van der Waals surface area (Å²) >= 11 is 0. The molecule has 1 amide bonds. The first-order chi connectivity index (χ1) is 11.7. The normalized spacial score (nSPS) is 23.2. The Hall–Kier alpha value is -2.29. The smallest absolute Gasteiger partial charge is 0.226 e. The van der Waals surface area contributed by atoms with Gasteiger partial charge < -0.3 is 9.80 Å². The first-order valence-electron chi connectivity index (χ1n) is 8.88. The van der Waals surface area contributed by atoms with Crippen molar-refractivity contribution in [3.8, 4) is 0 Å². The van der Waals surface area contributed by atoms with Crippen molar-refractivity contribution >= 4 is 11.6 Å². The number of hydrogen-bond acceptors (Lipinski definition) is 2. The zero-order valence-corrected chi connectivity index (χ0v) is 14.2. The van der Waals surface area contributed by atoms with Gasteiger partial charge in [-0.1, -0.05) is 48.5 Å². The van der Waals surface area contributed by atoms with Crippen LogP contribution in [0.25, 0.3) is 0 Å². The van der Waals surface area contributed by atoms with Crippen molar-refractivity contribution in [1.29, 1.82) is 0 Å². The molecule has 2 fully saturated rings. The summed E-state index contributed by atoms with van der Waals surface area (Å²) in [6.07, 6.45) is 1.01. The highest BCUT2D eigenvalue weighted by atomic mass is 16.2. The van der Waals surface area contributed by atoms with E-state index in [9.17, 15) is 4.79 Å². The fourth-order valence-electron chi connectivity index (χ4n) is 3.86. The van der Waals surface area contributed by atoms with Gasteiger partial charge in [-0.15, -0.1) is 0 Å². The van der Waals surface area contributed by atoms with E-state index in [2.05, 4.69) is 65.3 Å². The number of anilines is 1. The van der Waals surface area contributed by atoms with Gasteiger partial charge in [-0.2, -0.15) is 0 Å². The molecule has 1 saturated carbocycles. The van der Waals surface area contributed by atoms with E-state index in [1.54, 1.807) is 0 Å². The number of hydrogen-bond donors (Lipinski definition) is 0. The number of nitrogens with zero attached hydrogens (tertiary/aromatic N) is 2. The predicted molar refractivity (Wildman–Crippen MR) is 97.3 cm³/mol. The van der Waals surface area contributed by atoms with Gasteiger partial charge in [0, 0.05) is 37.8 Å². The molecule has 0 N–H and O–H groups in total. The molecule has 24 heavy (non-hydrogen) atoms. The van der Waals surface area contributed by atoms with Gasteiger partial charge in [0.1, 0.15) is 0 Å². The lowest BCUT2D eigenvalue weighted by Gasteiger charge is -2.37. The van der Waals surface area contributed by atoms with Gasteiger partial charge in [0.2, 0.25) is 5.91 Å². The van der Waals surface area contributed by atoms with Gasteiger partial charge in [-0.05, 0) is 36.5 Å². The van der Waals surface area contributed by atoms with Crippen molar-refractivity contribution < 1.29 is 4.79 Å². The molecule has 0 spiro atoms. The zero-order valence-electron chi connectivity index (χ0n) is 14.2. The maximum absolute atomic E-state index is 12.8. The maximum Gasteiger partial charge on any atom is 0.226 e. The van der Waals surface area contributed by atoms with Crippen LogP contribution < -0.4 is 4.90 Å². The van der Waals surface area contributed by atoms with Gasteiger partial charge in [0.05, 0.1) is 0 Å². The first kappa shape index (κ1) is 15.3. The highest BCUT2D eigenvalue weighted by Crippen LogP contribution is 2.48. The summed E-state index contributed by atoms with van der Waals surface area (Å²) in [5.41, 5.74) is 3.93. The molecule has 1 heterocycles. The fourth-order valence-corrected chi connectivity index (χ4v) is 3.86. The second kappa shape index (κ2) is 6.31. The van der Waals surface area contributed by atoms with Crippen molar-refractivity contribution in [1.82, 2.24) is 4.90 Å². The third-order valence-corrected chi connectivity index (χ3v) is 5.38. The van der Waals surface area contributed by atoms with Crippen LogP contribution in [0.2, 0.25) is 0 Å². The second-order valence-electron chi connectivity index (χ2n) is 6.96. The van der Waals surface area contributed by atoms with Crippen LogP contribution in [0.4, 0.5) is 5.69 Å². The second-order valence-corrected chi connectivity index (χ2v) is 6.96. The van der Waals surface area contributed by atoms with Gasteiger partial charge in [0.15, 0.2) is 0 Å². The fraction of sp³-hybridized carbons (Fsp3) is 0.381. The van der Waals surface area contributed by atoms with E-state index < -0.39 is 0 Å². The molecular formula is C21H24N2O. The van der Waals surface area contributed by atoms with E-state index in [-0.39, 0.29) is 5.92 Å². The predicted octanol–water partition coefficient (Wildman–Crippen LogP) is 3.45. The minimum absolute atomic E-state index is 0.206. The Balaban J connectivity index is 1.35. The zero-order chi connectivity index (χ0) is 16.5. The molecule has 0 bridgehead atoms. The molecule has 0 unspecified atom stereocenters. The van der Waals surface area contributed by atoms with Crippen molar-refractivity contribution in [2.75, 3.05) is 31.1 Å². The summed E-state index contributed by atoms with van der Waals surface area (Å²) < 4.78 is 0. The summed E-state index contributed by atoms with van der Waals surface area (Å²) in [6, 6.07) is 19.0. The molecule has 3 heteroatoms. The third kappa shape index (κ3) is 2.91. The lowest BCUT2D eigenvalue weighted by Crippen LogP contribution is -2.49. The Morgan fingerprint density at radius 3 is 2.29 bits per heavy atom. The van der Waals surface area contributed by atoms with Gasteiger partial charge in [-0.3, -0.25) is 4.79 Å². The van der Waals surface area contributed by atoms with Crippen molar-refractivity contribution in [3.63, 3.8) is 0 Å². The van der Waals surface area contributed by atoms with E-state index in [1.807, 2.05) is 6.07 Å². The van der Waals surface area contributed by atoms with E-state index in [1.165, 1.54) is 16.8 Å². The Morgan fingerprint density at radius 1 is 0.917 bits per heavy atom. The lowest BCUT2D eigenvalue weighted by atomic mass is 10.1. The molecule has 124 valence electrons. The van der Waals surface area contributed by atoms with Crippen molar-refractivity contribution in [2.45, 2.75) is 19.3 Å². The highest BCUT2D eigenvalue weighted by molar-refractivity contribution is 5.83. The molecular weight excluding hydrogens is 296 g/mol. The molecule has 4 rings (SSSR count). The average molecular weight is 320 g/mol. The molecule has 3 nitrogen and oxygen atoms in total. The number of benzene rings is 2. The van der Waals surface area contributed by atoms with E-state index >= 15 is 0 Å². The molecule has 0 aromatic heterocycles. The minimum Gasteiger partial charge on any atom is -0.368 e. The van der Waals surface area contributed by atoms with Crippen molar-refractivity contribution in [3.05, 3.63) is 65.7 Å². The van der Waals surface area contributed by atoms with E-state index in [0.717, 1.165) is 32.6 Å². The Morgan fingerprint density at radius 2 is 1.58 bits per heavy atom. The van der Waals surface area contributed by atoms with E-state index in [0.29, 0.717) is 11.8 Å². The SMILES string of the molecule is Cc1ccccc1N1CCN(C(=O)[C@H]2C[C@H]2c2ccccc2)CC1.